The molecule has 2 rings (SSSR count). The van der Waals surface area contributed by atoms with Crippen LogP contribution in [0.4, 0.5) is 0 Å². The van der Waals surface area contributed by atoms with Gasteiger partial charge in [-0.1, -0.05) is 18.2 Å². The zero-order valence-electron chi connectivity index (χ0n) is 10.4. The Morgan fingerprint density at radius 3 is 2.63 bits per heavy atom. The number of nitrogens with two attached hydrogens (primary N) is 1. The molecule has 3 N–H and O–H groups in total. The van der Waals surface area contributed by atoms with Crippen molar-refractivity contribution in [1.82, 2.24) is 4.72 Å². The van der Waals surface area contributed by atoms with Gasteiger partial charge in [0.1, 0.15) is 5.76 Å². The van der Waals surface area contributed by atoms with E-state index in [1.165, 1.54) is 0 Å². The normalized spacial score (nSPS) is 11.6. The molecule has 102 valence electrons. The van der Waals surface area contributed by atoms with Crippen molar-refractivity contribution in [2.75, 3.05) is 6.54 Å². The Morgan fingerprint density at radius 2 is 1.95 bits per heavy atom. The second-order valence-electron chi connectivity index (χ2n) is 4.04. The van der Waals surface area contributed by atoms with Gasteiger partial charge < -0.3 is 10.2 Å². The minimum absolute atomic E-state index is 0.190. The fourth-order valence-corrected chi connectivity index (χ4v) is 3.06. The number of benzene rings is 1. The van der Waals surface area contributed by atoms with E-state index in [9.17, 15) is 8.42 Å². The highest BCUT2D eigenvalue weighted by Crippen LogP contribution is 2.14. The van der Waals surface area contributed by atoms with Crippen LogP contribution in [-0.4, -0.2) is 15.0 Å². The monoisotopic (exact) mass is 280 g/mol. The van der Waals surface area contributed by atoms with Gasteiger partial charge in [0.2, 0.25) is 10.0 Å². The molecule has 0 bridgehead atoms. The van der Waals surface area contributed by atoms with Gasteiger partial charge in [0.15, 0.2) is 0 Å². The SMILES string of the molecule is NCc1ccccc1S(=O)(=O)NCCc1ccco1. The predicted molar refractivity (Wildman–Crippen MR) is 71.9 cm³/mol. The molecule has 0 amide bonds. The third-order valence-corrected chi connectivity index (χ3v) is 4.29. The van der Waals surface area contributed by atoms with E-state index in [0.717, 1.165) is 5.76 Å². The van der Waals surface area contributed by atoms with Gasteiger partial charge in [-0.15, -0.1) is 0 Å². The number of furan rings is 1. The highest BCUT2D eigenvalue weighted by Gasteiger charge is 2.16. The first kappa shape index (κ1) is 13.8. The van der Waals surface area contributed by atoms with Crippen molar-refractivity contribution in [2.24, 2.45) is 5.73 Å². The average molecular weight is 280 g/mol. The smallest absolute Gasteiger partial charge is 0.240 e. The number of nitrogens with one attached hydrogen (secondary N) is 1. The van der Waals surface area contributed by atoms with E-state index in [2.05, 4.69) is 4.72 Å². The molecule has 0 aliphatic heterocycles. The molecule has 19 heavy (non-hydrogen) atoms. The summed E-state index contributed by atoms with van der Waals surface area (Å²) >= 11 is 0. The molecule has 0 atom stereocenters. The first-order valence-electron chi connectivity index (χ1n) is 5.93. The van der Waals surface area contributed by atoms with E-state index >= 15 is 0 Å². The molecular formula is C13H16N2O3S. The van der Waals surface area contributed by atoms with Crippen molar-refractivity contribution in [1.29, 1.82) is 0 Å². The van der Waals surface area contributed by atoms with Crippen LogP contribution in [0.15, 0.2) is 52.0 Å². The summed E-state index contributed by atoms with van der Waals surface area (Å²) in [6, 6.07) is 10.3. The van der Waals surface area contributed by atoms with Crippen LogP contribution in [0.25, 0.3) is 0 Å². The second kappa shape index (κ2) is 6.01. The van der Waals surface area contributed by atoms with Gasteiger partial charge in [-0.25, -0.2) is 13.1 Å². The molecular weight excluding hydrogens is 264 g/mol. The van der Waals surface area contributed by atoms with Crippen molar-refractivity contribution in [3.05, 3.63) is 54.0 Å². The number of sulfonamides is 1. The molecule has 0 fully saturated rings. The van der Waals surface area contributed by atoms with Crippen LogP contribution in [0.1, 0.15) is 11.3 Å². The van der Waals surface area contributed by atoms with Crippen LogP contribution in [0.3, 0.4) is 0 Å². The van der Waals surface area contributed by atoms with Crippen molar-refractivity contribution in [2.45, 2.75) is 17.9 Å². The third-order valence-electron chi connectivity index (χ3n) is 2.73. The summed E-state index contributed by atoms with van der Waals surface area (Å²) in [4.78, 5) is 0.233. The van der Waals surface area contributed by atoms with E-state index in [0.29, 0.717) is 12.0 Å². The second-order valence-corrected chi connectivity index (χ2v) is 5.77. The minimum atomic E-state index is -3.53. The van der Waals surface area contributed by atoms with Gasteiger partial charge >= 0.3 is 0 Å². The van der Waals surface area contributed by atoms with Crippen LogP contribution in [-0.2, 0) is 23.0 Å². The Hall–Kier alpha value is -1.63. The molecule has 1 aromatic carbocycles. The Balaban J connectivity index is 2.05. The summed E-state index contributed by atoms with van der Waals surface area (Å²) in [5.41, 5.74) is 6.15. The van der Waals surface area contributed by atoms with E-state index in [-0.39, 0.29) is 18.0 Å². The molecule has 0 saturated heterocycles. The first-order chi connectivity index (χ1) is 9.13. The van der Waals surface area contributed by atoms with Crippen molar-refractivity contribution in [3.8, 4) is 0 Å². The number of hydrogen-bond donors (Lipinski definition) is 2. The standard InChI is InChI=1S/C13H16N2O3S/c14-10-11-4-1-2-6-13(11)19(16,17)15-8-7-12-5-3-9-18-12/h1-6,9,15H,7-8,10,14H2. The van der Waals surface area contributed by atoms with Gasteiger partial charge in [-0.05, 0) is 23.8 Å². The van der Waals surface area contributed by atoms with Crippen LogP contribution < -0.4 is 10.5 Å². The lowest BCUT2D eigenvalue weighted by molar-refractivity contribution is 0.506. The lowest BCUT2D eigenvalue weighted by atomic mass is 10.2. The third kappa shape index (κ3) is 3.44. The Morgan fingerprint density at radius 1 is 1.16 bits per heavy atom. The van der Waals surface area contributed by atoms with Crippen molar-refractivity contribution in [3.63, 3.8) is 0 Å². The topological polar surface area (TPSA) is 85.3 Å². The lowest BCUT2D eigenvalue weighted by Gasteiger charge is -2.09. The van der Waals surface area contributed by atoms with Crippen LogP contribution >= 0.6 is 0 Å². The van der Waals surface area contributed by atoms with Crippen LogP contribution in [0, 0.1) is 0 Å². The Kier molecular flexibility index (Phi) is 4.36. The summed E-state index contributed by atoms with van der Waals surface area (Å²) in [6.45, 7) is 0.476. The van der Waals surface area contributed by atoms with E-state index < -0.39 is 10.0 Å². The highest BCUT2D eigenvalue weighted by molar-refractivity contribution is 7.89. The zero-order valence-corrected chi connectivity index (χ0v) is 11.2. The molecule has 5 nitrogen and oxygen atoms in total. The van der Waals surface area contributed by atoms with Crippen molar-refractivity contribution >= 4 is 10.0 Å². The molecule has 1 heterocycles. The van der Waals surface area contributed by atoms with Crippen LogP contribution in [0.5, 0.6) is 0 Å². The van der Waals surface area contributed by atoms with Gasteiger partial charge in [0.25, 0.3) is 0 Å². The Bertz CT molecular complexity index is 621. The van der Waals surface area contributed by atoms with E-state index in [4.69, 9.17) is 10.2 Å². The maximum atomic E-state index is 12.1. The summed E-state index contributed by atoms with van der Waals surface area (Å²) in [5.74, 6) is 0.745. The molecule has 0 spiro atoms. The molecule has 0 unspecified atom stereocenters. The molecule has 0 aliphatic carbocycles. The van der Waals surface area contributed by atoms with Crippen molar-refractivity contribution < 1.29 is 12.8 Å². The predicted octanol–water partition coefficient (Wildman–Crippen LogP) is 1.26. The highest BCUT2D eigenvalue weighted by atomic mass is 32.2. The molecule has 2 aromatic rings. The fraction of sp³-hybridized carbons (Fsp3) is 0.231. The number of hydrogen-bond acceptors (Lipinski definition) is 4. The van der Waals surface area contributed by atoms with Gasteiger partial charge in [0.05, 0.1) is 11.2 Å². The average Bonchev–Trinajstić information content (AvgIpc) is 2.91. The molecule has 1 aromatic heterocycles. The summed E-state index contributed by atoms with van der Waals surface area (Å²) < 4.78 is 32.0. The fourth-order valence-electron chi connectivity index (χ4n) is 1.78. The summed E-state index contributed by atoms with van der Waals surface area (Å²) in [6.07, 6.45) is 2.07. The maximum Gasteiger partial charge on any atom is 0.240 e. The van der Waals surface area contributed by atoms with Gasteiger partial charge in [-0.3, -0.25) is 0 Å². The molecule has 0 saturated carbocycles. The summed E-state index contributed by atoms with van der Waals surface area (Å²) in [7, 11) is -3.53. The quantitative estimate of drug-likeness (QED) is 0.834. The Labute approximate surface area is 112 Å². The van der Waals surface area contributed by atoms with Gasteiger partial charge in [-0.2, -0.15) is 0 Å². The molecule has 6 heteroatoms. The van der Waals surface area contributed by atoms with Crippen LogP contribution in [0.2, 0.25) is 0 Å². The maximum absolute atomic E-state index is 12.1. The van der Waals surface area contributed by atoms with E-state index in [1.54, 1.807) is 36.6 Å². The van der Waals surface area contributed by atoms with Gasteiger partial charge in [0, 0.05) is 19.5 Å². The molecule has 0 radical (unpaired) electrons. The minimum Gasteiger partial charge on any atom is -0.469 e. The summed E-state index contributed by atoms with van der Waals surface area (Å²) in [5, 5.41) is 0. The number of rotatable bonds is 6. The largest absolute Gasteiger partial charge is 0.469 e. The first-order valence-corrected chi connectivity index (χ1v) is 7.42. The zero-order chi connectivity index (χ0) is 13.7. The van der Waals surface area contributed by atoms with E-state index in [1.807, 2.05) is 6.07 Å². The molecule has 0 aliphatic rings. The lowest BCUT2D eigenvalue weighted by Crippen LogP contribution is -2.27.